The lowest BCUT2D eigenvalue weighted by atomic mass is 9.83. The molecule has 6 nitrogen and oxygen atoms in total. The van der Waals surface area contributed by atoms with Gasteiger partial charge in [-0.05, 0) is 6.92 Å². The summed E-state index contributed by atoms with van der Waals surface area (Å²) in [4.78, 5) is 17.6. The molecule has 3 aliphatic rings. The second-order valence-corrected chi connectivity index (χ2v) is 6.66. The van der Waals surface area contributed by atoms with Crippen LogP contribution in [0.2, 0.25) is 0 Å². The maximum Gasteiger partial charge on any atom is 0.474 e. The Hall–Kier alpha value is -0.390. The first kappa shape index (κ1) is 14.0. The summed E-state index contributed by atoms with van der Waals surface area (Å²) < 4.78 is 21.8. The highest BCUT2D eigenvalue weighted by molar-refractivity contribution is 7.46. The quantitative estimate of drug-likeness (QED) is 0.449. The van der Waals surface area contributed by atoms with Crippen LogP contribution in [0.1, 0.15) is 19.8 Å². The summed E-state index contributed by atoms with van der Waals surface area (Å²) in [5.74, 6) is 1.24. The first-order chi connectivity index (χ1) is 8.30. The number of quaternary nitrogens is 1. The zero-order chi connectivity index (χ0) is 13.4. The first-order valence-electron chi connectivity index (χ1n) is 6.17. The summed E-state index contributed by atoms with van der Waals surface area (Å²) in [5, 5.41) is 0. The maximum absolute atomic E-state index is 10.8. The van der Waals surface area contributed by atoms with Crippen molar-refractivity contribution < 1.29 is 28.1 Å². The van der Waals surface area contributed by atoms with Gasteiger partial charge in [0.1, 0.15) is 6.54 Å². The van der Waals surface area contributed by atoms with Crippen molar-refractivity contribution in [2.75, 3.05) is 26.4 Å². The number of rotatable bonds is 5. The first-order valence-corrected chi connectivity index (χ1v) is 7.70. The standard InChI is InChI=1S/C11H20NO5P/c1-9(2)17-11-7-12(8-16-18(13,14)15)5-3-10(11)4-6-12/h10-11H,1,3-8H2,2H3,(H-,13,14,15)/p+1. The number of piperidine rings is 3. The molecular formula is C11H21NO5P+. The molecule has 2 bridgehead atoms. The van der Waals surface area contributed by atoms with Crippen molar-refractivity contribution >= 4 is 7.82 Å². The minimum absolute atomic E-state index is 0.0625. The molecule has 3 saturated heterocycles. The molecule has 3 fully saturated rings. The van der Waals surface area contributed by atoms with Gasteiger partial charge in [0.15, 0.2) is 12.8 Å². The number of ether oxygens (including phenoxy) is 1. The van der Waals surface area contributed by atoms with Crippen molar-refractivity contribution in [3.05, 3.63) is 12.3 Å². The molecule has 0 aromatic heterocycles. The van der Waals surface area contributed by atoms with E-state index in [-0.39, 0.29) is 12.8 Å². The predicted molar refractivity (Wildman–Crippen MR) is 65.3 cm³/mol. The van der Waals surface area contributed by atoms with Crippen LogP contribution < -0.4 is 0 Å². The number of fused-ring (bicyclic) bond motifs is 3. The molecule has 0 aromatic rings. The minimum atomic E-state index is -4.39. The third-order valence-electron chi connectivity index (χ3n) is 3.89. The molecule has 3 rings (SSSR count). The summed E-state index contributed by atoms with van der Waals surface area (Å²) in [6.45, 7) is 8.20. The third kappa shape index (κ3) is 3.33. The Labute approximate surface area is 107 Å². The lowest BCUT2D eigenvalue weighted by molar-refractivity contribution is -0.960. The van der Waals surface area contributed by atoms with E-state index in [1.54, 1.807) is 0 Å². The largest absolute Gasteiger partial charge is 0.490 e. The molecule has 2 N–H and O–H groups in total. The van der Waals surface area contributed by atoms with E-state index in [9.17, 15) is 4.57 Å². The van der Waals surface area contributed by atoms with Crippen molar-refractivity contribution in [2.45, 2.75) is 25.9 Å². The molecular weight excluding hydrogens is 257 g/mol. The molecule has 1 unspecified atom stereocenters. The molecule has 0 spiro atoms. The normalized spacial score (nSPS) is 35.5. The Kier molecular flexibility index (Phi) is 3.85. The van der Waals surface area contributed by atoms with Crippen LogP contribution in [0.5, 0.6) is 0 Å². The molecule has 0 aromatic carbocycles. The molecule has 3 heterocycles. The summed E-state index contributed by atoms with van der Waals surface area (Å²) in [6, 6.07) is 0. The predicted octanol–water partition coefficient (Wildman–Crippen LogP) is 1.21. The average Bonchev–Trinajstić information content (AvgIpc) is 2.26. The van der Waals surface area contributed by atoms with E-state index < -0.39 is 7.82 Å². The van der Waals surface area contributed by atoms with Crippen LogP contribution in [-0.4, -0.2) is 46.7 Å². The van der Waals surface area contributed by atoms with E-state index in [1.165, 1.54) is 0 Å². The Morgan fingerprint density at radius 1 is 1.44 bits per heavy atom. The molecule has 0 saturated carbocycles. The summed E-state index contributed by atoms with van der Waals surface area (Å²) >= 11 is 0. The molecule has 1 atom stereocenters. The van der Waals surface area contributed by atoms with E-state index in [0.717, 1.165) is 32.5 Å². The van der Waals surface area contributed by atoms with Crippen LogP contribution in [0.3, 0.4) is 0 Å². The number of hydrogen-bond acceptors (Lipinski definition) is 3. The van der Waals surface area contributed by atoms with Crippen molar-refractivity contribution in [2.24, 2.45) is 5.92 Å². The maximum atomic E-state index is 10.8. The van der Waals surface area contributed by atoms with Gasteiger partial charge < -0.3 is 14.5 Å². The Balaban J connectivity index is 1.99. The summed E-state index contributed by atoms with van der Waals surface area (Å²) in [5.41, 5.74) is 0. The van der Waals surface area contributed by atoms with Crippen LogP contribution in [0.25, 0.3) is 0 Å². The monoisotopic (exact) mass is 278 g/mol. The van der Waals surface area contributed by atoms with Crippen LogP contribution in [0, 0.1) is 5.92 Å². The van der Waals surface area contributed by atoms with E-state index in [1.807, 2.05) is 6.92 Å². The Morgan fingerprint density at radius 3 is 2.56 bits per heavy atom. The van der Waals surface area contributed by atoms with Crippen molar-refractivity contribution in [3.63, 3.8) is 0 Å². The summed E-state index contributed by atoms with van der Waals surface area (Å²) in [6.07, 6.45) is 2.13. The van der Waals surface area contributed by atoms with Gasteiger partial charge in [-0.1, -0.05) is 6.58 Å². The second kappa shape index (κ2) is 4.94. The van der Waals surface area contributed by atoms with Crippen LogP contribution in [0.4, 0.5) is 0 Å². The van der Waals surface area contributed by atoms with E-state index in [0.29, 0.717) is 16.2 Å². The van der Waals surface area contributed by atoms with E-state index >= 15 is 0 Å². The number of phosphoric acid groups is 1. The van der Waals surface area contributed by atoms with Crippen molar-refractivity contribution in [1.29, 1.82) is 0 Å². The highest BCUT2D eigenvalue weighted by atomic mass is 31.2. The molecule has 104 valence electrons. The average molecular weight is 278 g/mol. The number of nitrogens with zero attached hydrogens (tertiary/aromatic N) is 1. The third-order valence-corrected chi connectivity index (χ3v) is 4.35. The highest BCUT2D eigenvalue weighted by Gasteiger charge is 2.47. The van der Waals surface area contributed by atoms with Gasteiger partial charge in [-0.15, -0.1) is 0 Å². The summed E-state index contributed by atoms with van der Waals surface area (Å²) in [7, 11) is -4.39. The number of phosphoric ester groups is 1. The highest BCUT2D eigenvalue weighted by Crippen LogP contribution is 2.41. The molecule has 0 amide bonds. The van der Waals surface area contributed by atoms with Crippen molar-refractivity contribution in [3.8, 4) is 0 Å². The van der Waals surface area contributed by atoms with Gasteiger partial charge in [0, 0.05) is 18.8 Å². The SMILES string of the molecule is C=C(C)OC1C[N+]2(COP(=O)(O)O)CCC1CC2. The molecule has 0 aliphatic carbocycles. The molecule has 0 radical (unpaired) electrons. The van der Waals surface area contributed by atoms with Crippen LogP contribution >= 0.6 is 7.82 Å². The fourth-order valence-electron chi connectivity index (χ4n) is 2.99. The van der Waals surface area contributed by atoms with Gasteiger partial charge in [-0.3, -0.25) is 4.48 Å². The van der Waals surface area contributed by atoms with Crippen LogP contribution in [0.15, 0.2) is 12.3 Å². The van der Waals surface area contributed by atoms with Gasteiger partial charge in [-0.25, -0.2) is 9.09 Å². The lowest BCUT2D eigenvalue weighted by Crippen LogP contribution is -2.64. The van der Waals surface area contributed by atoms with Gasteiger partial charge in [0.05, 0.1) is 18.8 Å². The van der Waals surface area contributed by atoms with E-state index in [2.05, 4.69) is 6.58 Å². The van der Waals surface area contributed by atoms with Crippen molar-refractivity contribution in [1.82, 2.24) is 0 Å². The van der Waals surface area contributed by atoms with Crippen LogP contribution in [-0.2, 0) is 13.8 Å². The zero-order valence-electron chi connectivity index (χ0n) is 10.6. The van der Waals surface area contributed by atoms with Gasteiger partial charge >= 0.3 is 7.82 Å². The smallest absolute Gasteiger partial charge is 0.474 e. The van der Waals surface area contributed by atoms with Gasteiger partial charge in [-0.2, -0.15) is 0 Å². The van der Waals surface area contributed by atoms with Gasteiger partial charge in [0.25, 0.3) is 0 Å². The molecule has 18 heavy (non-hydrogen) atoms. The number of hydrogen-bond donors (Lipinski definition) is 2. The fourth-order valence-corrected chi connectivity index (χ4v) is 3.39. The second-order valence-electron chi connectivity index (χ2n) is 5.42. The molecule has 7 heteroatoms. The zero-order valence-corrected chi connectivity index (χ0v) is 11.5. The molecule has 3 aliphatic heterocycles. The van der Waals surface area contributed by atoms with Gasteiger partial charge in [0.2, 0.25) is 0 Å². The van der Waals surface area contributed by atoms with E-state index in [4.69, 9.17) is 19.0 Å². The number of allylic oxidation sites excluding steroid dienone is 1. The topological polar surface area (TPSA) is 76.0 Å². The lowest BCUT2D eigenvalue weighted by Gasteiger charge is -2.51. The Bertz CT molecular complexity index is 372. The fraction of sp³-hybridized carbons (Fsp3) is 0.818. The minimum Gasteiger partial charge on any atom is -0.490 e. The Morgan fingerprint density at radius 2 is 2.06 bits per heavy atom.